The van der Waals surface area contributed by atoms with Crippen molar-refractivity contribution in [3.05, 3.63) is 112 Å². The Bertz CT molecular complexity index is 1910. The van der Waals surface area contributed by atoms with Crippen LogP contribution < -0.4 is 4.74 Å². The van der Waals surface area contributed by atoms with Crippen LogP contribution >= 0.6 is 0 Å². The molecule has 8 nitrogen and oxygen atoms in total. The van der Waals surface area contributed by atoms with Crippen molar-refractivity contribution in [2.24, 2.45) is 0 Å². The number of benzene rings is 3. The van der Waals surface area contributed by atoms with Crippen molar-refractivity contribution in [1.29, 1.82) is 5.26 Å². The normalized spacial score (nSPS) is 14.3. The molecule has 43 heavy (non-hydrogen) atoms. The number of carbonyl (C=O) groups is 1. The average Bonchev–Trinajstić information content (AvgIpc) is 3.32. The fourth-order valence-corrected chi connectivity index (χ4v) is 4.92. The molecule has 216 valence electrons. The van der Waals surface area contributed by atoms with E-state index in [9.17, 15) is 14.3 Å². The van der Waals surface area contributed by atoms with Crippen LogP contribution in [0.2, 0.25) is 0 Å². The summed E-state index contributed by atoms with van der Waals surface area (Å²) < 4.78 is 57.7. The molecule has 3 aromatic carbocycles. The van der Waals surface area contributed by atoms with E-state index in [-0.39, 0.29) is 53.7 Å². The van der Waals surface area contributed by atoms with Crippen molar-refractivity contribution in [2.75, 3.05) is 6.61 Å². The molecule has 0 saturated carbocycles. The van der Waals surface area contributed by atoms with E-state index in [1.54, 1.807) is 34.9 Å². The summed E-state index contributed by atoms with van der Waals surface area (Å²) in [6.07, 6.45) is 0.619. The second kappa shape index (κ2) is 11.6. The Kier molecular flexibility index (Phi) is 7.52. The molecule has 1 unspecified atom stereocenters. The molecule has 1 fully saturated rings. The summed E-state index contributed by atoms with van der Waals surface area (Å²) >= 11 is 0. The van der Waals surface area contributed by atoms with Crippen LogP contribution in [-0.4, -0.2) is 38.3 Å². The van der Waals surface area contributed by atoms with E-state index in [0.29, 0.717) is 29.3 Å². The molecule has 6 rings (SSSR count). The largest absolute Gasteiger partial charge is 0.478 e. The molecular weight excluding hydrogens is 561 g/mol. The van der Waals surface area contributed by atoms with Gasteiger partial charge < -0.3 is 19.1 Å². The number of nitrogens with zero attached hydrogens (tertiary/aromatic N) is 4. The highest BCUT2D eigenvalue weighted by Crippen LogP contribution is 2.29. The summed E-state index contributed by atoms with van der Waals surface area (Å²) in [7, 11) is 0. The molecule has 0 spiro atoms. The first-order valence-electron chi connectivity index (χ1n) is 13.4. The molecular formula is C32H23F3N4O4. The molecule has 0 radical (unpaired) electrons. The molecule has 1 aliphatic heterocycles. The number of ether oxygens (including phenoxy) is 2. The molecule has 0 aliphatic carbocycles. The highest BCUT2D eigenvalue weighted by Gasteiger charge is 2.26. The molecule has 1 atom stereocenters. The number of nitriles is 1. The number of hydrogen-bond donors (Lipinski definition) is 1. The average molecular weight is 585 g/mol. The van der Waals surface area contributed by atoms with Crippen molar-refractivity contribution in [1.82, 2.24) is 14.5 Å². The maximum atomic E-state index is 15.4. The summed E-state index contributed by atoms with van der Waals surface area (Å²) in [6, 6.07) is 18.2. The Morgan fingerprint density at radius 3 is 2.53 bits per heavy atom. The number of aromatic nitrogens is 3. The third kappa shape index (κ3) is 5.65. The van der Waals surface area contributed by atoms with Gasteiger partial charge in [-0.15, -0.1) is 0 Å². The topological polar surface area (TPSA) is 110 Å². The van der Waals surface area contributed by atoms with Gasteiger partial charge in [0.05, 0.1) is 41.1 Å². The first-order chi connectivity index (χ1) is 20.8. The van der Waals surface area contributed by atoms with Crippen LogP contribution in [0.5, 0.6) is 5.88 Å². The molecule has 11 heteroatoms. The standard InChI is InChI=1S/C32H23F3N4O4/c33-24-12-18(15-36)4-5-21(24)17-43-29-3-1-2-26(38-29)20-7-6-19(25(34)13-20)14-28-37-27-9-8-23(32(40)41)30(35)31(27)39(28)16-22-10-11-42-22/h1-9,12-13,22H,10-11,14,16-17H2,(H,40,41). The van der Waals surface area contributed by atoms with Gasteiger partial charge in [0.15, 0.2) is 5.82 Å². The number of carboxylic acids is 1. The zero-order chi connectivity index (χ0) is 30.1. The van der Waals surface area contributed by atoms with Gasteiger partial charge in [0.25, 0.3) is 0 Å². The van der Waals surface area contributed by atoms with Crippen molar-refractivity contribution >= 4 is 17.0 Å². The molecule has 1 aliphatic rings. The first kappa shape index (κ1) is 27.9. The minimum absolute atomic E-state index is 0.0299. The van der Waals surface area contributed by atoms with E-state index in [4.69, 9.17) is 14.7 Å². The number of pyridine rings is 1. The van der Waals surface area contributed by atoms with Crippen molar-refractivity contribution in [2.45, 2.75) is 32.1 Å². The van der Waals surface area contributed by atoms with E-state index >= 15 is 8.78 Å². The Morgan fingerprint density at radius 1 is 1.05 bits per heavy atom. The Morgan fingerprint density at radius 2 is 1.84 bits per heavy atom. The lowest BCUT2D eigenvalue weighted by atomic mass is 10.1. The number of halogens is 3. The van der Waals surface area contributed by atoms with E-state index in [2.05, 4.69) is 9.97 Å². The van der Waals surface area contributed by atoms with Gasteiger partial charge in [-0.1, -0.05) is 24.3 Å². The van der Waals surface area contributed by atoms with Crippen LogP contribution in [0.3, 0.4) is 0 Å². The minimum atomic E-state index is -1.39. The van der Waals surface area contributed by atoms with E-state index in [0.717, 1.165) is 12.5 Å². The number of hydrogen-bond acceptors (Lipinski definition) is 6. The second-order valence-corrected chi connectivity index (χ2v) is 10.1. The van der Waals surface area contributed by atoms with Crippen LogP contribution in [0.25, 0.3) is 22.3 Å². The lowest BCUT2D eigenvalue weighted by Crippen LogP contribution is -2.32. The quantitative estimate of drug-likeness (QED) is 0.225. The Balaban J connectivity index is 1.25. The van der Waals surface area contributed by atoms with Crippen molar-refractivity contribution in [3.63, 3.8) is 0 Å². The summed E-state index contributed by atoms with van der Waals surface area (Å²) in [5, 5.41) is 18.3. The van der Waals surface area contributed by atoms with Gasteiger partial charge in [-0.2, -0.15) is 5.26 Å². The molecule has 2 aromatic heterocycles. The third-order valence-corrected chi connectivity index (χ3v) is 7.31. The summed E-state index contributed by atoms with van der Waals surface area (Å²) in [6.45, 7) is 0.732. The van der Waals surface area contributed by atoms with Crippen LogP contribution in [0.1, 0.15) is 39.3 Å². The highest BCUT2D eigenvalue weighted by atomic mass is 19.1. The predicted molar refractivity (Wildman–Crippen MR) is 149 cm³/mol. The number of fused-ring (bicyclic) bond motifs is 1. The van der Waals surface area contributed by atoms with Gasteiger partial charge in [0, 0.05) is 30.2 Å². The highest BCUT2D eigenvalue weighted by molar-refractivity contribution is 5.93. The fraction of sp³-hybridized carbons (Fsp3) is 0.188. The van der Waals surface area contributed by atoms with E-state index < -0.39 is 29.0 Å². The van der Waals surface area contributed by atoms with Gasteiger partial charge in [0.1, 0.15) is 29.6 Å². The maximum Gasteiger partial charge on any atom is 0.338 e. The molecule has 5 aromatic rings. The molecule has 3 heterocycles. The van der Waals surface area contributed by atoms with Crippen LogP contribution in [0.15, 0.2) is 66.7 Å². The summed E-state index contributed by atoms with van der Waals surface area (Å²) in [4.78, 5) is 20.5. The maximum absolute atomic E-state index is 15.4. The van der Waals surface area contributed by atoms with Gasteiger partial charge in [-0.3, -0.25) is 0 Å². The second-order valence-electron chi connectivity index (χ2n) is 10.1. The SMILES string of the molecule is N#Cc1ccc(COc2cccc(-c3ccc(Cc4nc5ccc(C(=O)O)c(F)c5n4CC4CCO4)c(F)c3)n2)c(F)c1. The first-order valence-corrected chi connectivity index (χ1v) is 13.4. The zero-order valence-electron chi connectivity index (χ0n) is 22.6. The van der Waals surface area contributed by atoms with Crippen molar-refractivity contribution < 1.29 is 32.5 Å². The molecule has 0 amide bonds. The van der Waals surface area contributed by atoms with E-state index in [1.165, 1.54) is 30.3 Å². The third-order valence-electron chi connectivity index (χ3n) is 7.31. The summed E-state index contributed by atoms with van der Waals surface area (Å²) in [5.41, 5.74) is 1.53. The predicted octanol–water partition coefficient (Wildman–Crippen LogP) is 6.04. The van der Waals surface area contributed by atoms with Crippen LogP contribution in [0.4, 0.5) is 13.2 Å². The number of rotatable bonds is 9. The molecule has 0 bridgehead atoms. The Hall–Kier alpha value is -5.21. The van der Waals surface area contributed by atoms with Gasteiger partial charge in [-0.05, 0) is 48.4 Å². The zero-order valence-corrected chi connectivity index (χ0v) is 22.6. The summed E-state index contributed by atoms with van der Waals surface area (Å²) in [5.74, 6) is -2.79. The van der Waals surface area contributed by atoms with Gasteiger partial charge in [-0.25, -0.2) is 27.9 Å². The number of imidazole rings is 1. The monoisotopic (exact) mass is 584 g/mol. The Labute approximate surface area is 243 Å². The lowest BCUT2D eigenvalue weighted by Gasteiger charge is -2.27. The lowest BCUT2D eigenvalue weighted by molar-refractivity contribution is -0.0590. The van der Waals surface area contributed by atoms with Crippen LogP contribution in [0, 0.1) is 28.8 Å². The van der Waals surface area contributed by atoms with E-state index in [1.807, 2.05) is 6.07 Å². The van der Waals surface area contributed by atoms with Gasteiger partial charge in [0.2, 0.25) is 5.88 Å². The molecule has 1 saturated heterocycles. The number of carboxylic acid groups (broad SMARTS) is 1. The van der Waals surface area contributed by atoms with Crippen molar-refractivity contribution in [3.8, 4) is 23.2 Å². The van der Waals surface area contributed by atoms with Crippen LogP contribution in [-0.2, 0) is 24.3 Å². The molecule has 1 N–H and O–H groups in total. The number of aromatic carboxylic acids is 1. The fourth-order valence-electron chi connectivity index (χ4n) is 4.92. The smallest absolute Gasteiger partial charge is 0.338 e. The van der Waals surface area contributed by atoms with Gasteiger partial charge >= 0.3 is 5.97 Å². The minimum Gasteiger partial charge on any atom is -0.478 e.